The minimum atomic E-state index is -0.553. The molecular weight excluding hydrogens is 468 g/mol. The first-order valence-corrected chi connectivity index (χ1v) is 12.8. The lowest BCUT2D eigenvalue weighted by atomic mass is 10.2. The molecule has 0 N–H and O–H groups in total. The highest BCUT2D eigenvalue weighted by atomic mass is 16.6. The van der Waals surface area contributed by atoms with Crippen molar-refractivity contribution in [3.8, 4) is 11.8 Å². The molecule has 196 valence electrons. The predicted octanol–water partition coefficient (Wildman–Crippen LogP) is 4.35. The van der Waals surface area contributed by atoms with E-state index in [1.807, 2.05) is 51.1 Å². The van der Waals surface area contributed by atoms with Gasteiger partial charge in [-0.3, -0.25) is 9.59 Å². The molecule has 1 aliphatic rings. The molecule has 3 rings (SSSR count). The van der Waals surface area contributed by atoms with Crippen LogP contribution in [0.25, 0.3) is 0 Å². The van der Waals surface area contributed by atoms with E-state index in [-0.39, 0.29) is 24.5 Å². The van der Waals surface area contributed by atoms with Crippen molar-refractivity contribution in [2.24, 2.45) is 0 Å². The fraction of sp³-hybridized carbons (Fsp3) is 0.448. The highest BCUT2D eigenvalue weighted by molar-refractivity contribution is 5.94. The third kappa shape index (κ3) is 8.35. The van der Waals surface area contributed by atoms with E-state index in [4.69, 9.17) is 4.74 Å². The van der Waals surface area contributed by atoms with Gasteiger partial charge in [0, 0.05) is 50.0 Å². The average Bonchev–Trinajstić information content (AvgIpc) is 2.89. The van der Waals surface area contributed by atoms with Gasteiger partial charge in [0.1, 0.15) is 11.3 Å². The number of benzene rings is 1. The smallest absolute Gasteiger partial charge is 0.410 e. The van der Waals surface area contributed by atoms with E-state index >= 15 is 0 Å². The summed E-state index contributed by atoms with van der Waals surface area (Å²) in [5, 5.41) is 0. The van der Waals surface area contributed by atoms with Crippen LogP contribution in [0.4, 0.5) is 10.5 Å². The summed E-state index contributed by atoms with van der Waals surface area (Å²) in [5.41, 5.74) is 1.27. The maximum atomic E-state index is 12.9. The Bertz CT molecular complexity index is 1120. The molecule has 2 heterocycles. The number of hydrogen-bond acceptors (Lipinski definition) is 5. The second-order valence-electron chi connectivity index (χ2n) is 9.91. The maximum Gasteiger partial charge on any atom is 0.410 e. The highest BCUT2D eigenvalue weighted by Gasteiger charge is 2.28. The van der Waals surface area contributed by atoms with Crippen LogP contribution >= 0.6 is 0 Å². The molecule has 1 aromatic heterocycles. The van der Waals surface area contributed by atoms with Crippen LogP contribution in [-0.2, 0) is 9.53 Å². The topological polar surface area (TPSA) is 83.1 Å². The van der Waals surface area contributed by atoms with Crippen LogP contribution in [0.5, 0.6) is 0 Å². The summed E-state index contributed by atoms with van der Waals surface area (Å²) in [6, 6.07) is 12.9. The van der Waals surface area contributed by atoms with E-state index in [1.165, 1.54) is 0 Å². The molecule has 0 saturated carbocycles. The first-order chi connectivity index (χ1) is 17.7. The van der Waals surface area contributed by atoms with E-state index in [1.54, 1.807) is 33.0 Å². The summed E-state index contributed by atoms with van der Waals surface area (Å²) in [7, 11) is 0. The van der Waals surface area contributed by atoms with Crippen LogP contribution in [0.3, 0.4) is 0 Å². The Labute approximate surface area is 219 Å². The summed E-state index contributed by atoms with van der Waals surface area (Å²) in [6.07, 6.45) is 3.49. The van der Waals surface area contributed by atoms with Crippen molar-refractivity contribution in [3.05, 3.63) is 59.9 Å². The normalized spacial score (nSPS) is 13.4. The zero-order valence-electron chi connectivity index (χ0n) is 22.2. The van der Waals surface area contributed by atoms with E-state index in [2.05, 4.69) is 23.7 Å². The number of unbranched alkanes of at least 4 members (excludes halogenated alkanes) is 1. The number of pyridine rings is 1. The van der Waals surface area contributed by atoms with Crippen molar-refractivity contribution in [2.75, 3.05) is 37.6 Å². The quantitative estimate of drug-likeness (QED) is 0.546. The molecule has 0 aliphatic carbocycles. The van der Waals surface area contributed by atoms with Gasteiger partial charge in [-0.2, -0.15) is 0 Å². The lowest BCUT2D eigenvalue weighted by Gasteiger charge is -2.35. The first-order valence-electron chi connectivity index (χ1n) is 12.8. The zero-order chi connectivity index (χ0) is 26.8. The lowest BCUT2D eigenvalue weighted by molar-refractivity contribution is -0.118. The van der Waals surface area contributed by atoms with Gasteiger partial charge in [-0.25, -0.2) is 9.78 Å². The van der Waals surface area contributed by atoms with Crippen molar-refractivity contribution in [1.82, 2.24) is 14.8 Å². The molecule has 0 bridgehead atoms. The Hall–Kier alpha value is -3.86. The summed E-state index contributed by atoms with van der Waals surface area (Å²) in [4.78, 5) is 47.2. The first kappa shape index (κ1) is 27.7. The Kier molecular flexibility index (Phi) is 9.67. The van der Waals surface area contributed by atoms with Gasteiger partial charge in [0.05, 0.1) is 6.54 Å². The van der Waals surface area contributed by atoms with Gasteiger partial charge in [-0.1, -0.05) is 43.4 Å². The number of para-hydroxylation sites is 1. The predicted molar refractivity (Wildman–Crippen MR) is 143 cm³/mol. The van der Waals surface area contributed by atoms with Crippen molar-refractivity contribution < 1.29 is 19.1 Å². The molecule has 8 heteroatoms. The number of ether oxygens (including phenoxy) is 1. The molecule has 1 aliphatic heterocycles. The Morgan fingerprint density at radius 3 is 2.27 bits per heavy atom. The molecule has 2 aromatic rings. The third-order valence-electron chi connectivity index (χ3n) is 5.78. The van der Waals surface area contributed by atoms with Gasteiger partial charge in [0.15, 0.2) is 0 Å². The van der Waals surface area contributed by atoms with Crippen molar-refractivity contribution in [1.29, 1.82) is 0 Å². The van der Waals surface area contributed by atoms with Gasteiger partial charge in [0.25, 0.3) is 5.91 Å². The van der Waals surface area contributed by atoms with Crippen molar-refractivity contribution in [3.63, 3.8) is 0 Å². The van der Waals surface area contributed by atoms with Crippen LogP contribution in [0.1, 0.15) is 63.0 Å². The summed E-state index contributed by atoms with van der Waals surface area (Å²) in [5.74, 6) is 5.99. The van der Waals surface area contributed by atoms with Gasteiger partial charge >= 0.3 is 6.09 Å². The van der Waals surface area contributed by atoms with Crippen LogP contribution in [0.15, 0.2) is 48.7 Å². The second-order valence-corrected chi connectivity index (χ2v) is 9.91. The van der Waals surface area contributed by atoms with Crippen LogP contribution in [0, 0.1) is 11.8 Å². The number of rotatable bonds is 6. The van der Waals surface area contributed by atoms with Crippen LogP contribution < -0.4 is 4.90 Å². The largest absolute Gasteiger partial charge is 0.444 e. The fourth-order valence-corrected chi connectivity index (χ4v) is 3.79. The molecule has 1 fully saturated rings. The maximum absolute atomic E-state index is 12.9. The standard InChI is InChI=1S/C29H36N4O4/c1-5-6-14-26(34)33(24-12-8-7-9-13-24)17-10-11-23-15-16-25(30-22-23)27(35)31-18-20-32(21-19-31)28(36)37-29(2,3)4/h7-9,12-13,15-16,22H,5-6,14,17-21H2,1-4H3. The molecule has 1 saturated heterocycles. The van der Waals surface area contributed by atoms with Gasteiger partial charge in [-0.05, 0) is 51.5 Å². The molecular formula is C29H36N4O4. The molecule has 1 aromatic carbocycles. The van der Waals surface area contributed by atoms with Crippen molar-refractivity contribution >= 4 is 23.6 Å². The third-order valence-corrected chi connectivity index (χ3v) is 5.78. The number of amides is 3. The number of piperazine rings is 1. The molecule has 0 atom stereocenters. The summed E-state index contributed by atoms with van der Waals surface area (Å²) in [6.45, 7) is 9.49. The van der Waals surface area contributed by atoms with Crippen LogP contribution in [-0.4, -0.2) is 71.0 Å². The number of aromatic nitrogens is 1. The van der Waals surface area contributed by atoms with Gasteiger partial charge in [0.2, 0.25) is 5.91 Å². The second kappa shape index (κ2) is 12.9. The molecule has 0 spiro atoms. The minimum absolute atomic E-state index is 0.0492. The molecule has 0 radical (unpaired) electrons. The lowest BCUT2D eigenvalue weighted by Crippen LogP contribution is -2.51. The highest BCUT2D eigenvalue weighted by Crippen LogP contribution is 2.16. The Balaban J connectivity index is 1.57. The number of nitrogens with zero attached hydrogens (tertiary/aromatic N) is 4. The minimum Gasteiger partial charge on any atom is -0.444 e. The van der Waals surface area contributed by atoms with Gasteiger partial charge in [-0.15, -0.1) is 0 Å². The Morgan fingerprint density at radius 1 is 1.00 bits per heavy atom. The number of carbonyl (C=O) groups excluding carboxylic acids is 3. The van der Waals surface area contributed by atoms with E-state index < -0.39 is 5.60 Å². The average molecular weight is 505 g/mol. The molecule has 0 unspecified atom stereocenters. The monoisotopic (exact) mass is 504 g/mol. The zero-order valence-corrected chi connectivity index (χ0v) is 22.2. The number of carbonyl (C=O) groups is 3. The van der Waals surface area contributed by atoms with E-state index in [9.17, 15) is 14.4 Å². The van der Waals surface area contributed by atoms with Crippen LogP contribution in [0.2, 0.25) is 0 Å². The SMILES string of the molecule is CCCCC(=O)N(CC#Cc1ccc(C(=O)N2CCN(C(=O)OC(C)(C)C)CC2)nc1)c1ccccc1. The van der Waals surface area contributed by atoms with Crippen molar-refractivity contribution in [2.45, 2.75) is 52.6 Å². The fourth-order valence-electron chi connectivity index (χ4n) is 3.79. The number of anilines is 1. The molecule has 8 nitrogen and oxygen atoms in total. The molecule has 3 amide bonds. The summed E-state index contributed by atoms with van der Waals surface area (Å²) < 4.78 is 5.41. The molecule has 37 heavy (non-hydrogen) atoms. The summed E-state index contributed by atoms with van der Waals surface area (Å²) >= 11 is 0. The van der Waals surface area contributed by atoms with E-state index in [0.29, 0.717) is 43.9 Å². The van der Waals surface area contributed by atoms with Gasteiger partial charge < -0.3 is 19.4 Å². The number of hydrogen-bond donors (Lipinski definition) is 0. The van der Waals surface area contributed by atoms with E-state index in [0.717, 1.165) is 18.5 Å². The Morgan fingerprint density at radius 2 is 1.68 bits per heavy atom.